The largest absolute Gasteiger partial charge is 0.388 e. The molecule has 1 aromatic heterocycles. The molecule has 0 radical (unpaired) electrons. The molecule has 0 aliphatic heterocycles. The van der Waals surface area contributed by atoms with Crippen molar-refractivity contribution in [2.75, 3.05) is 7.11 Å². The van der Waals surface area contributed by atoms with Crippen molar-refractivity contribution >= 4 is 10.8 Å². The maximum atomic E-state index is 10.2. The lowest BCUT2D eigenvalue weighted by atomic mass is 9.98. The van der Waals surface area contributed by atoms with E-state index in [9.17, 15) is 5.11 Å². The van der Waals surface area contributed by atoms with E-state index < -0.39 is 6.10 Å². The number of pyridine rings is 1. The molecule has 0 fully saturated rings. The Hall–Kier alpha value is -1.45. The van der Waals surface area contributed by atoms with Crippen LogP contribution in [-0.4, -0.2) is 23.3 Å². The number of hydrogen-bond acceptors (Lipinski definition) is 3. The van der Waals surface area contributed by atoms with Gasteiger partial charge < -0.3 is 9.84 Å². The summed E-state index contributed by atoms with van der Waals surface area (Å²) in [5.74, 6) is 0. The number of aliphatic hydroxyl groups excluding tert-OH is 1. The Balaban J connectivity index is 2.34. The van der Waals surface area contributed by atoms with Gasteiger partial charge in [-0.25, -0.2) is 0 Å². The van der Waals surface area contributed by atoms with Crippen LogP contribution in [0, 0.1) is 0 Å². The van der Waals surface area contributed by atoms with Crippen LogP contribution in [0.3, 0.4) is 0 Å². The summed E-state index contributed by atoms with van der Waals surface area (Å²) in [6.07, 6.45) is 3.69. The van der Waals surface area contributed by atoms with E-state index in [4.69, 9.17) is 4.74 Å². The second kappa shape index (κ2) is 5.25. The van der Waals surface area contributed by atoms with Crippen molar-refractivity contribution in [3.8, 4) is 0 Å². The predicted molar refractivity (Wildman–Crippen MR) is 67.8 cm³/mol. The number of benzene rings is 1. The summed E-state index contributed by atoms with van der Waals surface area (Å²) in [7, 11) is 1.66. The van der Waals surface area contributed by atoms with E-state index in [2.05, 4.69) is 4.98 Å². The highest BCUT2D eigenvalue weighted by atomic mass is 16.5. The first kappa shape index (κ1) is 12.0. The number of nitrogens with zero attached hydrogens (tertiary/aromatic N) is 1. The number of aliphatic hydroxyl groups is 1. The van der Waals surface area contributed by atoms with Crippen LogP contribution < -0.4 is 0 Å². The molecule has 3 heteroatoms. The van der Waals surface area contributed by atoms with Gasteiger partial charge in [0.1, 0.15) is 0 Å². The van der Waals surface area contributed by atoms with Gasteiger partial charge in [0.05, 0.1) is 12.2 Å². The summed E-state index contributed by atoms with van der Waals surface area (Å²) < 4.78 is 5.18. The van der Waals surface area contributed by atoms with Gasteiger partial charge in [-0.1, -0.05) is 18.2 Å². The molecule has 3 nitrogen and oxygen atoms in total. The summed E-state index contributed by atoms with van der Waals surface area (Å²) in [5.41, 5.74) is 0.939. The van der Waals surface area contributed by atoms with Gasteiger partial charge in [0.2, 0.25) is 0 Å². The van der Waals surface area contributed by atoms with Gasteiger partial charge >= 0.3 is 0 Å². The molecule has 90 valence electrons. The highest BCUT2D eigenvalue weighted by Crippen LogP contribution is 2.26. The third-order valence-corrected chi connectivity index (χ3v) is 3.03. The van der Waals surface area contributed by atoms with Crippen LogP contribution in [0.15, 0.2) is 36.7 Å². The fourth-order valence-corrected chi connectivity index (χ4v) is 1.98. The molecule has 0 saturated carbocycles. The van der Waals surface area contributed by atoms with Crippen LogP contribution in [0.25, 0.3) is 10.8 Å². The zero-order valence-corrected chi connectivity index (χ0v) is 10.1. The third-order valence-electron chi connectivity index (χ3n) is 3.03. The van der Waals surface area contributed by atoms with Crippen LogP contribution in [0.2, 0.25) is 0 Å². The van der Waals surface area contributed by atoms with Gasteiger partial charge in [-0.05, 0) is 23.9 Å². The minimum atomic E-state index is -0.504. The Morgan fingerprint density at radius 2 is 2.18 bits per heavy atom. The van der Waals surface area contributed by atoms with E-state index in [-0.39, 0.29) is 6.10 Å². The molecule has 0 amide bonds. The van der Waals surface area contributed by atoms with Crippen molar-refractivity contribution in [1.82, 2.24) is 4.98 Å². The van der Waals surface area contributed by atoms with E-state index in [1.165, 1.54) is 0 Å². The number of hydrogen-bond donors (Lipinski definition) is 1. The zero-order chi connectivity index (χ0) is 12.3. The highest BCUT2D eigenvalue weighted by molar-refractivity contribution is 5.85. The van der Waals surface area contributed by atoms with E-state index in [0.29, 0.717) is 6.42 Å². The Morgan fingerprint density at radius 3 is 2.94 bits per heavy atom. The lowest BCUT2D eigenvalue weighted by Gasteiger charge is -2.17. The maximum absolute atomic E-state index is 10.2. The molecule has 17 heavy (non-hydrogen) atoms. The lowest BCUT2D eigenvalue weighted by molar-refractivity contribution is 0.0565. The second-order valence-corrected chi connectivity index (χ2v) is 4.24. The first-order valence-corrected chi connectivity index (χ1v) is 5.76. The fourth-order valence-electron chi connectivity index (χ4n) is 1.98. The van der Waals surface area contributed by atoms with E-state index >= 15 is 0 Å². The molecule has 2 aromatic rings. The summed E-state index contributed by atoms with van der Waals surface area (Å²) in [4.78, 5) is 4.08. The minimum absolute atomic E-state index is 0.0436. The second-order valence-electron chi connectivity index (χ2n) is 4.24. The topological polar surface area (TPSA) is 42.4 Å². The van der Waals surface area contributed by atoms with Crippen molar-refractivity contribution in [3.63, 3.8) is 0 Å². The van der Waals surface area contributed by atoms with Crippen LogP contribution in [0.5, 0.6) is 0 Å². The SMILES string of the molecule is COC(C)CC(O)c1cccc2cnccc12. The predicted octanol–water partition coefficient (Wildman–Crippen LogP) is 2.69. The molecule has 0 spiro atoms. The normalized spacial score (nSPS) is 14.8. The van der Waals surface area contributed by atoms with Gasteiger partial charge in [0.25, 0.3) is 0 Å². The van der Waals surface area contributed by atoms with Gasteiger partial charge in [-0.2, -0.15) is 0 Å². The Kier molecular flexibility index (Phi) is 3.71. The van der Waals surface area contributed by atoms with Crippen molar-refractivity contribution in [2.45, 2.75) is 25.6 Å². The molecule has 2 atom stereocenters. The molecule has 1 heterocycles. The number of rotatable bonds is 4. The number of ether oxygens (including phenoxy) is 1. The van der Waals surface area contributed by atoms with Crippen LogP contribution in [0.1, 0.15) is 25.0 Å². The van der Waals surface area contributed by atoms with Crippen molar-refractivity contribution in [2.24, 2.45) is 0 Å². The van der Waals surface area contributed by atoms with E-state index in [1.807, 2.05) is 37.4 Å². The molecule has 2 rings (SSSR count). The van der Waals surface area contributed by atoms with Crippen molar-refractivity contribution in [3.05, 3.63) is 42.2 Å². The summed E-state index contributed by atoms with van der Waals surface area (Å²) in [6.45, 7) is 1.95. The zero-order valence-electron chi connectivity index (χ0n) is 10.1. The molecular formula is C14H17NO2. The van der Waals surface area contributed by atoms with Gasteiger partial charge in [-0.3, -0.25) is 4.98 Å². The fraction of sp³-hybridized carbons (Fsp3) is 0.357. The maximum Gasteiger partial charge on any atom is 0.0820 e. The van der Waals surface area contributed by atoms with Gasteiger partial charge in [-0.15, -0.1) is 0 Å². The first-order valence-electron chi connectivity index (χ1n) is 5.76. The summed E-state index contributed by atoms with van der Waals surface area (Å²) >= 11 is 0. The van der Waals surface area contributed by atoms with E-state index in [1.54, 1.807) is 13.3 Å². The molecule has 1 aromatic carbocycles. The minimum Gasteiger partial charge on any atom is -0.388 e. The average Bonchev–Trinajstić information content (AvgIpc) is 2.37. The van der Waals surface area contributed by atoms with Crippen LogP contribution >= 0.6 is 0 Å². The summed E-state index contributed by atoms with van der Waals surface area (Å²) in [5, 5.41) is 12.3. The standard InChI is InChI=1S/C14H17NO2/c1-10(17-2)8-14(16)13-5-3-4-11-9-15-7-6-12(11)13/h3-7,9-10,14,16H,8H2,1-2H3. The number of aromatic nitrogens is 1. The van der Waals surface area contributed by atoms with Crippen molar-refractivity contribution < 1.29 is 9.84 Å². The number of methoxy groups -OCH3 is 1. The number of fused-ring (bicyclic) bond motifs is 1. The lowest BCUT2D eigenvalue weighted by Crippen LogP contribution is -2.11. The van der Waals surface area contributed by atoms with Gasteiger partial charge in [0.15, 0.2) is 0 Å². The molecule has 0 saturated heterocycles. The van der Waals surface area contributed by atoms with Crippen LogP contribution in [0.4, 0.5) is 0 Å². The quantitative estimate of drug-likeness (QED) is 0.879. The highest BCUT2D eigenvalue weighted by Gasteiger charge is 2.14. The summed E-state index contributed by atoms with van der Waals surface area (Å²) in [6, 6.07) is 7.83. The monoisotopic (exact) mass is 231 g/mol. The van der Waals surface area contributed by atoms with Crippen LogP contribution in [-0.2, 0) is 4.74 Å². The third kappa shape index (κ3) is 2.62. The molecule has 0 aliphatic rings. The molecule has 0 aliphatic carbocycles. The average molecular weight is 231 g/mol. The van der Waals surface area contributed by atoms with E-state index in [0.717, 1.165) is 16.3 Å². The van der Waals surface area contributed by atoms with Crippen molar-refractivity contribution in [1.29, 1.82) is 0 Å². The molecule has 0 bridgehead atoms. The first-order chi connectivity index (χ1) is 8.22. The smallest absolute Gasteiger partial charge is 0.0820 e. The molecular weight excluding hydrogens is 214 g/mol. The molecule has 2 unspecified atom stereocenters. The Morgan fingerprint density at radius 1 is 1.35 bits per heavy atom. The Bertz CT molecular complexity index is 493. The van der Waals surface area contributed by atoms with Gasteiger partial charge in [0, 0.05) is 31.3 Å². The molecule has 1 N–H and O–H groups in total. The Labute approximate surface area is 101 Å².